The highest BCUT2D eigenvalue weighted by molar-refractivity contribution is 5.85. The van der Waals surface area contributed by atoms with Gasteiger partial charge < -0.3 is 20.1 Å². The van der Waals surface area contributed by atoms with Crippen LogP contribution in [0.5, 0.6) is 11.5 Å². The van der Waals surface area contributed by atoms with Crippen molar-refractivity contribution in [2.75, 3.05) is 20.8 Å². The number of hydrogen-bond donors (Lipinski definition) is 2. The molecule has 0 saturated carbocycles. The smallest absolute Gasteiger partial charge is 0.393 e. The second-order valence-corrected chi connectivity index (χ2v) is 7.24. The maximum atomic E-state index is 13.0. The summed E-state index contributed by atoms with van der Waals surface area (Å²) in [6.07, 6.45) is -3.32. The quantitative estimate of drug-likeness (QED) is 0.568. The van der Waals surface area contributed by atoms with Crippen molar-refractivity contribution in [2.24, 2.45) is 0 Å². The molecule has 174 valence electrons. The van der Waals surface area contributed by atoms with Crippen molar-refractivity contribution in [3.63, 3.8) is 0 Å². The Morgan fingerprint density at radius 2 is 1.65 bits per heavy atom. The number of nitrogens with one attached hydrogen (secondary N) is 2. The third-order valence-electron chi connectivity index (χ3n) is 5.25. The zero-order valence-electron chi connectivity index (χ0n) is 17.5. The van der Waals surface area contributed by atoms with Crippen molar-refractivity contribution in [1.29, 1.82) is 0 Å². The molecule has 0 amide bonds. The highest BCUT2D eigenvalue weighted by atomic mass is 35.5. The first-order valence-corrected chi connectivity index (χ1v) is 9.73. The van der Waals surface area contributed by atoms with Gasteiger partial charge in [0.05, 0.1) is 20.6 Å². The molecule has 31 heavy (non-hydrogen) atoms. The molecular formula is C22H29Cl2F3N2O2. The Labute approximate surface area is 193 Å². The largest absolute Gasteiger partial charge is 0.496 e. The predicted molar refractivity (Wildman–Crippen MR) is 121 cm³/mol. The maximum absolute atomic E-state index is 13.0. The summed E-state index contributed by atoms with van der Waals surface area (Å²) in [5.41, 5.74) is 1.99. The van der Waals surface area contributed by atoms with Crippen molar-refractivity contribution in [3.8, 4) is 11.5 Å². The lowest BCUT2D eigenvalue weighted by Crippen LogP contribution is -2.45. The zero-order chi connectivity index (χ0) is 20.9. The van der Waals surface area contributed by atoms with Crippen LogP contribution < -0.4 is 20.1 Å². The molecule has 1 fully saturated rings. The van der Waals surface area contributed by atoms with E-state index < -0.39 is 12.6 Å². The Morgan fingerprint density at radius 3 is 2.26 bits per heavy atom. The van der Waals surface area contributed by atoms with Crippen molar-refractivity contribution in [2.45, 2.75) is 44.1 Å². The summed E-state index contributed by atoms with van der Waals surface area (Å²) in [6.45, 7) is 1.35. The SMILES string of the molecule is COc1cc(OC)c(CC(F)(F)F)cc1CN[C@H]1CCCN[C@H]1c1ccccc1.Cl.Cl. The molecule has 1 saturated heterocycles. The second-order valence-electron chi connectivity index (χ2n) is 7.24. The van der Waals surface area contributed by atoms with Crippen molar-refractivity contribution in [3.05, 3.63) is 59.2 Å². The Balaban J connectivity index is 0.00000240. The summed E-state index contributed by atoms with van der Waals surface area (Å²) < 4.78 is 49.5. The number of hydrogen-bond acceptors (Lipinski definition) is 4. The van der Waals surface area contributed by atoms with Gasteiger partial charge in [0.1, 0.15) is 11.5 Å². The third kappa shape index (κ3) is 7.45. The lowest BCUT2D eigenvalue weighted by Gasteiger charge is -2.34. The van der Waals surface area contributed by atoms with E-state index in [0.717, 1.165) is 19.4 Å². The fraction of sp³-hybridized carbons (Fsp3) is 0.455. The van der Waals surface area contributed by atoms with Gasteiger partial charge in [0, 0.05) is 35.8 Å². The van der Waals surface area contributed by atoms with Crippen molar-refractivity contribution < 1.29 is 22.6 Å². The molecule has 2 N–H and O–H groups in total. The minimum atomic E-state index is -4.31. The third-order valence-corrected chi connectivity index (χ3v) is 5.25. The summed E-state index contributed by atoms with van der Waals surface area (Å²) >= 11 is 0. The van der Waals surface area contributed by atoms with E-state index in [9.17, 15) is 13.2 Å². The average Bonchev–Trinajstić information content (AvgIpc) is 2.72. The summed E-state index contributed by atoms with van der Waals surface area (Å²) in [5.74, 6) is 0.699. The minimum absolute atomic E-state index is 0. The fourth-order valence-corrected chi connectivity index (χ4v) is 3.89. The lowest BCUT2D eigenvalue weighted by atomic mass is 9.92. The van der Waals surface area contributed by atoms with Gasteiger partial charge in [0.25, 0.3) is 0 Å². The Kier molecular flexibility index (Phi) is 10.9. The van der Waals surface area contributed by atoms with Gasteiger partial charge >= 0.3 is 6.18 Å². The van der Waals surface area contributed by atoms with Crippen LogP contribution >= 0.6 is 24.8 Å². The van der Waals surface area contributed by atoms with Gasteiger partial charge in [-0.15, -0.1) is 24.8 Å². The van der Waals surface area contributed by atoms with Crippen molar-refractivity contribution >= 4 is 24.8 Å². The van der Waals surface area contributed by atoms with E-state index in [2.05, 4.69) is 22.8 Å². The highest BCUT2D eigenvalue weighted by Gasteiger charge is 2.30. The van der Waals surface area contributed by atoms with E-state index in [4.69, 9.17) is 9.47 Å². The predicted octanol–water partition coefficient (Wildman–Crippen LogP) is 5.24. The standard InChI is InChI=1S/C22H27F3N2O2.2ClH/c1-28-19-12-20(29-2)17(11-16(19)13-22(23,24)25)14-27-18-9-6-10-26-21(18)15-7-4-3-5-8-15;;/h3-5,7-8,11-12,18,21,26-27H,6,9-10,13-14H2,1-2H3;2*1H/t18-,21-;;/m0../s1. The lowest BCUT2D eigenvalue weighted by molar-refractivity contribution is -0.127. The van der Waals surface area contributed by atoms with Crippen LogP contribution in [0.25, 0.3) is 0 Å². The van der Waals surface area contributed by atoms with Crippen LogP contribution in [0.3, 0.4) is 0 Å². The van der Waals surface area contributed by atoms with E-state index in [1.54, 1.807) is 0 Å². The zero-order valence-corrected chi connectivity index (χ0v) is 19.1. The summed E-state index contributed by atoms with van der Waals surface area (Å²) in [4.78, 5) is 0. The van der Waals surface area contributed by atoms with Crippen LogP contribution in [0.1, 0.15) is 35.6 Å². The van der Waals surface area contributed by atoms with E-state index in [0.29, 0.717) is 17.9 Å². The first kappa shape index (κ1) is 27.4. The topological polar surface area (TPSA) is 42.5 Å². The first-order chi connectivity index (χ1) is 13.9. The monoisotopic (exact) mass is 480 g/mol. The molecule has 0 aromatic heterocycles. The Bertz CT molecular complexity index is 807. The summed E-state index contributed by atoms with van der Waals surface area (Å²) in [6, 6.07) is 13.6. The number of methoxy groups -OCH3 is 2. The fourth-order valence-electron chi connectivity index (χ4n) is 3.89. The molecule has 1 aliphatic heterocycles. The molecule has 0 aliphatic carbocycles. The Morgan fingerprint density at radius 1 is 1.00 bits per heavy atom. The van der Waals surface area contributed by atoms with E-state index in [1.807, 2.05) is 18.2 Å². The van der Waals surface area contributed by atoms with Gasteiger partial charge in [-0.3, -0.25) is 0 Å². The summed E-state index contributed by atoms with van der Waals surface area (Å²) in [5, 5.41) is 7.07. The normalized spacial score (nSPS) is 18.5. The Hall–Kier alpha value is -1.67. The van der Waals surface area contributed by atoms with Gasteiger partial charge in [-0.25, -0.2) is 0 Å². The summed E-state index contributed by atoms with van der Waals surface area (Å²) in [7, 11) is 2.88. The number of rotatable bonds is 7. The minimum Gasteiger partial charge on any atom is -0.496 e. The molecule has 0 radical (unpaired) electrons. The number of halogens is 5. The highest BCUT2D eigenvalue weighted by Crippen LogP contribution is 2.34. The van der Waals surface area contributed by atoms with Crippen LogP contribution in [-0.2, 0) is 13.0 Å². The number of ether oxygens (including phenoxy) is 2. The molecule has 1 aliphatic rings. The molecule has 9 heteroatoms. The van der Waals surface area contributed by atoms with Gasteiger partial charge in [-0.05, 0) is 31.0 Å². The molecule has 0 unspecified atom stereocenters. The average molecular weight is 481 g/mol. The van der Waals surface area contributed by atoms with Crippen LogP contribution in [0.4, 0.5) is 13.2 Å². The van der Waals surface area contributed by atoms with Crippen LogP contribution in [0, 0.1) is 0 Å². The molecule has 2 aromatic rings. The number of piperidine rings is 1. The molecule has 0 bridgehead atoms. The molecule has 4 nitrogen and oxygen atoms in total. The van der Waals surface area contributed by atoms with Crippen LogP contribution in [0.2, 0.25) is 0 Å². The molecule has 1 heterocycles. The van der Waals surface area contributed by atoms with E-state index in [-0.39, 0.29) is 48.2 Å². The van der Waals surface area contributed by atoms with Gasteiger partial charge in [0.2, 0.25) is 0 Å². The molecular weight excluding hydrogens is 452 g/mol. The van der Waals surface area contributed by atoms with Crippen LogP contribution in [-0.4, -0.2) is 33.0 Å². The first-order valence-electron chi connectivity index (χ1n) is 9.73. The maximum Gasteiger partial charge on any atom is 0.393 e. The van der Waals surface area contributed by atoms with Crippen molar-refractivity contribution in [1.82, 2.24) is 10.6 Å². The molecule has 3 rings (SSSR count). The number of alkyl halides is 3. The second kappa shape index (κ2) is 12.4. The van der Waals surface area contributed by atoms with Crippen LogP contribution in [0.15, 0.2) is 42.5 Å². The molecule has 2 atom stereocenters. The van der Waals surface area contributed by atoms with E-state index >= 15 is 0 Å². The van der Waals surface area contributed by atoms with Gasteiger partial charge in [0.15, 0.2) is 0 Å². The van der Waals surface area contributed by atoms with E-state index in [1.165, 1.54) is 31.9 Å². The van der Waals surface area contributed by atoms with Gasteiger partial charge in [-0.1, -0.05) is 30.3 Å². The molecule has 2 aromatic carbocycles. The molecule has 0 spiro atoms. The van der Waals surface area contributed by atoms with Gasteiger partial charge in [-0.2, -0.15) is 13.2 Å². The number of benzene rings is 2.